The summed E-state index contributed by atoms with van der Waals surface area (Å²) in [6.07, 6.45) is 1.02. The minimum Gasteiger partial charge on any atom is -0.360 e. The van der Waals surface area contributed by atoms with Gasteiger partial charge in [-0.3, -0.25) is 0 Å². The molecule has 1 aromatic heterocycles. The van der Waals surface area contributed by atoms with Crippen molar-refractivity contribution < 1.29 is 12.9 Å². The SMILES string of the molecule is CCCNCCNS(=O)(=O)c1c(C)noc1C. The Morgan fingerprint density at radius 2 is 1.94 bits per heavy atom. The Hall–Kier alpha value is -0.920. The van der Waals surface area contributed by atoms with Crippen molar-refractivity contribution >= 4 is 10.0 Å². The summed E-state index contributed by atoms with van der Waals surface area (Å²) in [5.74, 6) is 0.316. The van der Waals surface area contributed by atoms with Crippen molar-refractivity contribution in [2.45, 2.75) is 32.1 Å². The molecule has 0 saturated carbocycles. The van der Waals surface area contributed by atoms with Gasteiger partial charge in [0.1, 0.15) is 10.6 Å². The zero-order chi connectivity index (χ0) is 12.9. The van der Waals surface area contributed by atoms with Gasteiger partial charge in [-0.15, -0.1) is 0 Å². The molecule has 1 rings (SSSR count). The molecular weight excluding hydrogens is 242 g/mol. The molecule has 17 heavy (non-hydrogen) atoms. The van der Waals surface area contributed by atoms with Crippen molar-refractivity contribution in [3.63, 3.8) is 0 Å². The number of nitrogens with one attached hydrogen (secondary N) is 2. The van der Waals surface area contributed by atoms with E-state index >= 15 is 0 Å². The maximum atomic E-state index is 11.9. The van der Waals surface area contributed by atoms with E-state index in [1.165, 1.54) is 0 Å². The number of hydrogen-bond donors (Lipinski definition) is 2. The number of sulfonamides is 1. The fourth-order valence-electron chi connectivity index (χ4n) is 1.51. The number of aryl methyl sites for hydroxylation is 2. The molecule has 0 atom stereocenters. The van der Waals surface area contributed by atoms with Crippen LogP contribution in [0.5, 0.6) is 0 Å². The lowest BCUT2D eigenvalue weighted by atomic mass is 10.4. The molecule has 0 aliphatic heterocycles. The van der Waals surface area contributed by atoms with E-state index in [9.17, 15) is 8.42 Å². The number of nitrogens with zero attached hydrogens (tertiary/aromatic N) is 1. The highest BCUT2D eigenvalue weighted by atomic mass is 32.2. The van der Waals surface area contributed by atoms with Crippen LogP contribution in [0.3, 0.4) is 0 Å². The normalized spacial score (nSPS) is 11.9. The summed E-state index contributed by atoms with van der Waals surface area (Å²) in [5.41, 5.74) is 0.386. The summed E-state index contributed by atoms with van der Waals surface area (Å²) in [6, 6.07) is 0. The van der Waals surface area contributed by atoms with E-state index in [2.05, 4.69) is 22.1 Å². The molecule has 0 spiro atoms. The average molecular weight is 261 g/mol. The summed E-state index contributed by atoms with van der Waals surface area (Å²) >= 11 is 0. The molecule has 1 heterocycles. The van der Waals surface area contributed by atoms with Gasteiger partial charge in [-0.1, -0.05) is 12.1 Å². The minimum absolute atomic E-state index is 0.146. The van der Waals surface area contributed by atoms with Crippen LogP contribution >= 0.6 is 0 Å². The van der Waals surface area contributed by atoms with E-state index in [0.717, 1.165) is 13.0 Å². The second-order valence-electron chi connectivity index (χ2n) is 3.80. The summed E-state index contributed by atoms with van der Waals surface area (Å²) in [4.78, 5) is 0.146. The molecule has 0 radical (unpaired) electrons. The van der Waals surface area contributed by atoms with Gasteiger partial charge in [0, 0.05) is 13.1 Å². The standard InChI is InChI=1S/C10H19N3O3S/c1-4-5-11-6-7-12-17(14,15)10-8(2)13-16-9(10)3/h11-12H,4-7H2,1-3H3. The van der Waals surface area contributed by atoms with Crippen molar-refractivity contribution in [3.05, 3.63) is 11.5 Å². The Morgan fingerprint density at radius 3 is 2.47 bits per heavy atom. The Balaban J connectivity index is 2.58. The molecule has 0 amide bonds. The second-order valence-corrected chi connectivity index (χ2v) is 5.50. The third-order valence-electron chi connectivity index (χ3n) is 2.26. The van der Waals surface area contributed by atoms with Gasteiger partial charge >= 0.3 is 0 Å². The fourth-order valence-corrected chi connectivity index (χ4v) is 2.86. The zero-order valence-electron chi connectivity index (χ0n) is 10.4. The van der Waals surface area contributed by atoms with Crippen LogP contribution in [0.2, 0.25) is 0 Å². The first-order valence-electron chi connectivity index (χ1n) is 5.62. The topological polar surface area (TPSA) is 84.2 Å². The van der Waals surface area contributed by atoms with E-state index in [4.69, 9.17) is 4.52 Å². The van der Waals surface area contributed by atoms with Gasteiger partial charge in [0.05, 0.1) is 0 Å². The van der Waals surface area contributed by atoms with Crippen molar-refractivity contribution in [1.82, 2.24) is 15.2 Å². The van der Waals surface area contributed by atoms with Crippen molar-refractivity contribution in [2.75, 3.05) is 19.6 Å². The van der Waals surface area contributed by atoms with Gasteiger partial charge in [0.2, 0.25) is 10.0 Å². The number of rotatable bonds is 7. The molecule has 1 aromatic rings. The molecule has 98 valence electrons. The van der Waals surface area contributed by atoms with E-state index in [1.807, 2.05) is 0 Å². The third kappa shape index (κ3) is 3.79. The van der Waals surface area contributed by atoms with Gasteiger partial charge in [0.25, 0.3) is 0 Å². The monoisotopic (exact) mass is 261 g/mol. The van der Waals surface area contributed by atoms with E-state index in [0.29, 0.717) is 24.5 Å². The van der Waals surface area contributed by atoms with Crippen molar-refractivity contribution in [1.29, 1.82) is 0 Å². The van der Waals surface area contributed by atoms with E-state index in [1.54, 1.807) is 13.8 Å². The molecule has 0 aliphatic carbocycles. The summed E-state index contributed by atoms with van der Waals surface area (Å²) in [5, 5.41) is 6.75. The summed E-state index contributed by atoms with van der Waals surface area (Å²) in [7, 11) is -3.51. The maximum Gasteiger partial charge on any atom is 0.246 e. The van der Waals surface area contributed by atoms with Crippen molar-refractivity contribution in [3.8, 4) is 0 Å². The highest BCUT2D eigenvalue weighted by Gasteiger charge is 2.23. The van der Waals surface area contributed by atoms with Crippen LogP contribution in [-0.2, 0) is 10.0 Å². The Bertz CT molecular complexity index is 434. The quantitative estimate of drug-likeness (QED) is 0.701. The van der Waals surface area contributed by atoms with Crippen molar-refractivity contribution in [2.24, 2.45) is 0 Å². The first kappa shape index (κ1) is 14.1. The predicted octanol–water partition coefficient (Wildman–Crippen LogP) is 0.569. The summed E-state index contributed by atoms with van der Waals surface area (Å²) in [6.45, 7) is 7.10. The van der Waals surface area contributed by atoms with Gasteiger partial charge < -0.3 is 9.84 Å². The molecule has 0 aromatic carbocycles. The minimum atomic E-state index is -3.51. The van der Waals surface area contributed by atoms with E-state index in [-0.39, 0.29) is 4.90 Å². The number of aromatic nitrogens is 1. The molecule has 7 heteroatoms. The molecule has 0 saturated heterocycles. The molecule has 6 nitrogen and oxygen atoms in total. The lowest BCUT2D eigenvalue weighted by molar-refractivity contribution is 0.390. The van der Waals surface area contributed by atoms with E-state index < -0.39 is 10.0 Å². The second kappa shape index (κ2) is 6.13. The summed E-state index contributed by atoms with van der Waals surface area (Å²) < 4.78 is 31.2. The third-order valence-corrected chi connectivity index (χ3v) is 3.96. The fraction of sp³-hybridized carbons (Fsp3) is 0.700. The smallest absolute Gasteiger partial charge is 0.246 e. The molecule has 0 bridgehead atoms. The van der Waals surface area contributed by atoms with Crippen LogP contribution in [0.4, 0.5) is 0 Å². The Kier molecular flexibility index (Phi) is 5.10. The predicted molar refractivity (Wildman–Crippen MR) is 64.3 cm³/mol. The molecule has 2 N–H and O–H groups in total. The Labute approximate surface area is 102 Å². The molecular formula is C10H19N3O3S. The largest absolute Gasteiger partial charge is 0.360 e. The number of hydrogen-bond acceptors (Lipinski definition) is 5. The van der Waals surface area contributed by atoms with Crippen LogP contribution < -0.4 is 10.0 Å². The first-order chi connectivity index (χ1) is 7.99. The van der Waals surface area contributed by atoms with Gasteiger partial charge in [-0.05, 0) is 26.8 Å². The lowest BCUT2D eigenvalue weighted by Gasteiger charge is -2.06. The van der Waals surface area contributed by atoms with Gasteiger partial charge in [0.15, 0.2) is 5.76 Å². The zero-order valence-corrected chi connectivity index (χ0v) is 11.2. The first-order valence-corrected chi connectivity index (χ1v) is 7.10. The molecule has 0 fully saturated rings. The molecule has 0 unspecified atom stereocenters. The van der Waals surface area contributed by atoms with Crippen LogP contribution in [0, 0.1) is 13.8 Å². The van der Waals surface area contributed by atoms with Crippen LogP contribution in [0.15, 0.2) is 9.42 Å². The average Bonchev–Trinajstić information content (AvgIpc) is 2.58. The maximum absolute atomic E-state index is 11.9. The van der Waals surface area contributed by atoms with Crippen LogP contribution in [0.25, 0.3) is 0 Å². The highest BCUT2D eigenvalue weighted by molar-refractivity contribution is 7.89. The van der Waals surface area contributed by atoms with Crippen LogP contribution in [0.1, 0.15) is 24.8 Å². The van der Waals surface area contributed by atoms with Gasteiger partial charge in [-0.2, -0.15) is 0 Å². The highest BCUT2D eigenvalue weighted by Crippen LogP contribution is 2.17. The van der Waals surface area contributed by atoms with Crippen LogP contribution in [-0.4, -0.2) is 33.2 Å². The lowest BCUT2D eigenvalue weighted by Crippen LogP contribution is -2.32. The van der Waals surface area contributed by atoms with Gasteiger partial charge in [-0.25, -0.2) is 13.1 Å². The Morgan fingerprint density at radius 1 is 1.24 bits per heavy atom. The molecule has 0 aliphatic rings.